The van der Waals surface area contributed by atoms with Gasteiger partial charge in [-0.2, -0.15) is 0 Å². The Hall–Kier alpha value is -3.52. The molecule has 0 saturated carbocycles. The van der Waals surface area contributed by atoms with Crippen molar-refractivity contribution in [3.05, 3.63) is 87.7 Å². The molecule has 3 aromatic rings. The van der Waals surface area contributed by atoms with E-state index in [-0.39, 0.29) is 18.6 Å². The van der Waals surface area contributed by atoms with Crippen molar-refractivity contribution in [2.75, 3.05) is 0 Å². The monoisotopic (exact) mass is 476 g/mol. The first kappa shape index (κ1) is 25.1. The van der Waals surface area contributed by atoms with E-state index in [2.05, 4.69) is 20.8 Å². The third-order valence-corrected chi connectivity index (χ3v) is 6.19. The zero-order valence-corrected chi connectivity index (χ0v) is 20.6. The van der Waals surface area contributed by atoms with E-state index < -0.39 is 11.8 Å². The second-order valence-corrected chi connectivity index (χ2v) is 9.09. The number of hydrazine groups is 1. The van der Waals surface area contributed by atoms with E-state index in [4.69, 9.17) is 0 Å². The van der Waals surface area contributed by atoms with Crippen LogP contribution in [0.3, 0.4) is 0 Å². The fourth-order valence-electron chi connectivity index (χ4n) is 3.21. The van der Waals surface area contributed by atoms with Crippen molar-refractivity contribution in [3.63, 3.8) is 0 Å². The van der Waals surface area contributed by atoms with Crippen LogP contribution in [0.4, 0.5) is 0 Å². The molecule has 2 aromatic carbocycles. The van der Waals surface area contributed by atoms with Gasteiger partial charge in [-0.15, -0.1) is 0 Å². The normalized spacial score (nSPS) is 10.6. The number of thioether (sulfide) groups is 1. The first-order valence-electron chi connectivity index (χ1n) is 10.9. The molecule has 176 valence electrons. The molecular weight excluding hydrogens is 448 g/mol. The molecule has 0 atom stereocenters. The molecule has 0 bridgehead atoms. The van der Waals surface area contributed by atoms with Crippen LogP contribution in [-0.2, 0) is 10.5 Å². The van der Waals surface area contributed by atoms with E-state index in [0.29, 0.717) is 16.9 Å². The zero-order valence-electron chi connectivity index (χ0n) is 19.8. The maximum Gasteiger partial charge on any atom is 0.269 e. The number of carbonyl (C=O) groups is 3. The number of aryl methyl sites for hydroxylation is 4. The summed E-state index contributed by atoms with van der Waals surface area (Å²) in [5.74, 6) is -0.280. The van der Waals surface area contributed by atoms with E-state index in [1.807, 2.05) is 58.0 Å². The Labute approximate surface area is 203 Å². The molecule has 1 aromatic heterocycles. The Morgan fingerprint density at radius 2 is 1.41 bits per heavy atom. The lowest BCUT2D eigenvalue weighted by Gasteiger charge is -2.08. The Balaban J connectivity index is 1.43. The summed E-state index contributed by atoms with van der Waals surface area (Å²) in [5, 5.41) is 0.720. The average Bonchev–Trinajstić information content (AvgIpc) is 2.81. The Morgan fingerprint density at radius 3 is 2.06 bits per heavy atom. The van der Waals surface area contributed by atoms with Crippen molar-refractivity contribution >= 4 is 29.4 Å². The number of nitrogens with one attached hydrogen (secondary N) is 2. The smallest absolute Gasteiger partial charge is 0.269 e. The van der Waals surface area contributed by atoms with Gasteiger partial charge in [-0.1, -0.05) is 36.0 Å². The lowest BCUT2D eigenvalue weighted by molar-refractivity contribution is -0.121. The number of hydrogen-bond acceptors (Lipinski definition) is 6. The lowest BCUT2D eigenvalue weighted by Crippen LogP contribution is -2.41. The van der Waals surface area contributed by atoms with E-state index in [9.17, 15) is 14.4 Å². The van der Waals surface area contributed by atoms with Crippen molar-refractivity contribution in [1.29, 1.82) is 0 Å². The van der Waals surface area contributed by atoms with Crippen molar-refractivity contribution < 1.29 is 14.4 Å². The highest BCUT2D eigenvalue weighted by Gasteiger charge is 2.12. The van der Waals surface area contributed by atoms with Gasteiger partial charge in [0, 0.05) is 41.1 Å². The summed E-state index contributed by atoms with van der Waals surface area (Å²) in [6, 6.07) is 14.5. The van der Waals surface area contributed by atoms with E-state index >= 15 is 0 Å². The maximum atomic E-state index is 12.3. The van der Waals surface area contributed by atoms with Gasteiger partial charge in [0.15, 0.2) is 10.9 Å². The third-order valence-electron chi connectivity index (χ3n) is 5.27. The van der Waals surface area contributed by atoms with Gasteiger partial charge in [-0.05, 0) is 68.7 Å². The number of hydrogen-bond donors (Lipinski definition) is 2. The van der Waals surface area contributed by atoms with Crippen LogP contribution in [0.15, 0.2) is 53.7 Å². The minimum absolute atomic E-state index is 0.0112. The molecule has 3 rings (SSSR count). The number of Topliss-reactive ketones (excluding diaryl/α,β-unsaturated/α-hetero) is 1. The van der Waals surface area contributed by atoms with Gasteiger partial charge in [-0.25, -0.2) is 9.97 Å². The number of ketones is 1. The predicted octanol–water partition coefficient (Wildman–Crippen LogP) is 4.43. The van der Waals surface area contributed by atoms with Crippen molar-refractivity contribution in [1.82, 2.24) is 20.8 Å². The van der Waals surface area contributed by atoms with Crippen LogP contribution >= 0.6 is 11.8 Å². The second kappa shape index (κ2) is 11.6. The largest absolute Gasteiger partial charge is 0.294 e. The molecule has 0 radical (unpaired) electrons. The number of nitrogens with zero attached hydrogens (tertiary/aromatic N) is 2. The molecule has 0 fully saturated rings. The zero-order chi connectivity index (χ0) is 24.7. The van der Waals surface area contributed by atoms with E-state index in [0.717, 1.165) is 33.2 Å². The van der Waals surface area contributed by atoms with Crippen LogP contribution in [0, 0.1) is 27.7 Å². The quantitative estimate of drug-likeness (QED) is 0.216. The summed E-state index contributed by atoms with van der Waals surface area (Å²) in [4.78, 5) is 45.5. The molecule has 0 spiro atoms. The summed E-state index contributed by atoms with van der Waals surface area (Å²) in [6.45, 7) is 7.80. The fourth-order valence-corrected chi connectivity index (χ4v) is 4.11. The SMILES string of the molecule is Cc1cc(C)nc(SCc2ccc(C(=O)NNC(=O)CCC(=O)c3ccc(C)c(C)c3)cc2)n1. The minimum atomic E-state index is -0.425. The number of rotatable bonds is 8. The highest BCUT2D eigenvalue weighted by atomic mass is 32.2. The molecule has 7 nitrogen and oxygen atoms in total. The molecule has 34 heavy (non-hydrogen) atoms. The molecule has 2 amide bonds. The van der Waals surface area contributed by atoms with E-state index in [1.54, 1.807) is 18.2 Å². The first-order valence-corrected chi connectivity index (χ1v) is 11.9. The Morgan fingerprint density at radius 1 is 0.765 bits per heavy atom. The summed E-state index contributed by atoms with van der Waals surface area (Å²) in [7, 11) is 0. The minimum Gasteiger partial charge on any atom is -0.294 e. The van der Waals surface area contributed by atoms with Gasteiger partial charge in [-0.3, -0.25) is 25.2 Å². The van der Waals surface area contributed by atoms with Gasteiger partial charge in [0.2, 0.25) is 5.91 Å². The topological polar surface area (TPSA) is 101 Å². The van der Waals surface area contributed by atoms with E-state index in [1.165, 1.54) is 11.8 Å². The summed E-state index contributed by atoms with van der Waals surface area (Å²) in [5.41, 5.74) is 10.8. The van der Waals surface area contributed by atoms with Gasteiger partial charge < -0.3 is 0 Å². The van der Waals surface area contributed by atoms with Crippen LogP contribution in [0.1, 0.15) is 61.6 Å². The third kappa shape index (κ3) is 7.25. The molecule has 0 saturated heterocycles. The highest BCUT2D eigenvalue weighted by molar-refractivity contribution is 7.98. The van der Waals surface area contributed by atoms with Gasteiger partial charge in [0.25, 0.3) is 5.91 Å². The number of benzene rings is 2. The van der Waals surface area contributed by atoms with Crippen molar-refractivity contribution in [3.8, 4) is 0 Å². The number of aromatic nitrogens is 2. The molecular formula is C26H28N4O3S. The van der Waals surface area contributed by atoms with Gasteiger partial charge >= 0.3 is 0 Å². The fraction of sp³-hybridized carbons (Fsp3) is 0.269. The van der Waals surface area contributed by atoms with Gasteiger partial charge in [0.1, 0.15) is 0 Å². The van der Waals surface area contributed by atoms with Crippen LogP contribution < -0.4 is 10.9 Å². The molecule has 0 aliphatic heterocycles. The molecule has 1 heterocycles. The average molecular weight is 477 g/mol. The molecule has 8 heteroatoms. The van der Waals surface area contributed by atoms with Crippen molar-refractivity contribution in [2.24, 2.45) is 0 Å². The molecule has 0 unspecified atom stereocenters. The number of amides is 2. The van der Waals surface area contributed by atoms with Crippen molar-refractivity contribution in [2.45, 2.75) is 51.4 Å². The summed E-state index contributed by atoms with van der Waals surface area (Å²) in [6.07, 6.45) is 0.0590. The van der Waals surface area contributed by atoms with Crippen LogP contribution in [0.2, 0.25) is 0 Å². The standard InChI is InChI=1S/C26H28N4O3S/c1-16-5-8-22(13-17(16)2)23(31)11-12-24(32)29-30-25(33)21-9-6-20(7-10-21)15-34-26-27-18(3)14-19(4)28-26/h5-10,13-14H,11-12,15H2,1-4H3,(H,29,32)(H,30,33). The van der Waals surface area contributed by atoms with Gasteiger partial charge in [0.05, 0.1) is 0 Å². The Kier molecular flexibility index (Phi) is 8.54. The second-order valence-electron chi connectivity index (χ2n) is 8.14. The van der Waals surface area contributed by atoms with Crippen LogP contribution in [0.25, 0.3) is 0 Å². The maximum absolute atomic E-state index is 12.3. The lowest BCUT2D eigenvalue weighted by atomic mass is 10.0. The van der Waals surface area contributed by atoms with Crippen LogP contribution in [-0.4, -0.2) is 27.6 Å². The Bertz CT molecular complexity index is 1190. The molecule has 0 aliphatic carbocycles. The first-order chi connectivity index (χ1) is 16.2. The summed E-state index contributed by atoms with van der Waals surface area (Å²) >= 11 is 1.53. The predicted molar refractivity (Wildman–Crippen MR) is 133 cm³/mol. The van der Waals surface area contributed by atoms with Crippen LogP contribution in [0.5, 0.6) is 0 Å². The highest BCUT2D eigenvalue weighted by Crippen LogP contribution is 2.20. The molecule has 0 aliphatic rings. The molecule has 2 N–H and O–H groups in total. The summed E-state index contributed by atoms with van der Waals surface area (Å²) < 4.78 is 0. The number of carbonyl (C=O) groups excluding carboxylic acids is 3.